The minimum absolute atomic E-state index is 0.0934. The Labute approximate surface area is 164 Å². The molecule has 1 aromatic rings. The summed E-state index contributed by atoms with van der Waals surface area (Å²) in [4.78, 5) is 26.2. The minimum Gasteiger partial charge on any atom is -0.493 e. The summed E-state index contributed by atoms with van der Waals surface area (Å²) in [5, 5.41) is 9.86. The van der Waals surface area contributed by atoms with Gasteiger partial charge in [-0.2, -0.15) is 0 Å². The van der Waals surface area contributed by atoms with Crippen LogP contribution in [0.5, 0.6) is 5.75 Å². The van der Waals surface area contributed by atoms with Gasteiger partial charge in [-0.15, -0.1) is 0 Å². The Morgan fingerprint density at radius 2 is 2.04 bits per heavy atom. The standard InChI is InChI=1S/C20H26ClNO5/c1-2-10-26-17-4-3-14(21)12-16(17)19(23)22-8-5-13(6-9-22)18-15(20(24)25)7-11-27-18/h3-4,12-13,15,18H,2,5-11H2,1H3,(H,24,25)/t15?,18-/m0/s1. The van der Waals surface area contributed by atoms with E-state index in [1.54, 1.807) is 23.1 Å². The van der Waals surface area contributed by atoms with Crippen LogP contribution in [-0.4, -0.2) is 54.3 Å². The topological polar surface area (TPSA) is 76.1 Å². The first-order valence-electron chi connectivity index (χ1n) is 9.57. The lowest BCUT2D eigenvalue weighted by Gasteiger charge is -2.35. The van der Waals surface area contributed by atoms with Gasteiger partial charge in [0.1, 0.15) is 5.75 Å². The second kappa shape index (κ2) is 8.93. The zero-order valence-corrected chi connectivity index (χ0v) is 16.3. The first kappa shape index (κ1) is 20.0. The maximum atomic E-state index is 13.0. The van der Waals surface area contributed by atoms with E-state index in [0.29, 0.717) is 49.1 Å². The molecule has 2 aliphatic heterocycles. The molecule has 2 aliphatic rings. The second-order valence-electron chi connectivity index (χ2n) is 7.19. The van der Waals surface area contributed by atoms with E-state index in [0.717, 1.165) is 19.3 Å². The van der Waals surface area contributed by atoms with Crippen molar-refractivity contribution in [1.29, 1.82) is 0 Å². The van der Waals surface area contributed by atoms with Crippen molar-refractivity contribution in [2.75, 3.05) is 26.3 Å². The van der Waals surface area contributed by atoms with Crippen molar-refractivity contribution in [2.45, 2.75) is 38.7 Å². The van der Waals surface area contributed by atoms with Crippen molar-refractivity contribution in [1.82, 2.24) is 4.90 Å². The molecule has 1 aromatic carbocycles. The fourth-order valence-corrected chi connectivity index (χ4v) is 4.12. The van der Waals surface area contributed by atoms with Crippen LogP contribution in [0.1, 0.15) is 43.0 Å². The summed E-state index contributed by atoms with van der Waals surface area (Å²) >= 11 is 6.09. The van der Waals surface area contributed by atoms with E-state index in [-0.39, 0.29) is 17.9 Å². The largest absolute Gasteiger partial charge is 0.493 e. The minimum atomic E-state index is -0.785. The fourth-order valence-electron chi connectivity index (χ4n) is 3.95. The number of carbonyl (C=O) groups is 2. The molecule has 2 heterocycles. The molecule has 2 fully saturated rings. The highest BCUT2D eigenvalue weighted by molar-refractivity contribution is 6.31. The highest BCUT2D eigenvalue weighted by Crippen LogP contribution is 2.34. The van der Waals surface area contributed by atoms with E-state index in [2.05, 4.69) is 0 Å². The molecule has 0 bridgehead atoms. The average molecular weight is 396 g/mol. The van der Waals surface area contributed by atoms with E-state index in [4.69, 9.17) is 21.1 Å². The van der Waals surface area contributed by atoms with Crippen LogP contribution >= 0.6 is 11.6 Å². The molecule has 2 atom stereocenters. The summed E-state index contributed by atoms with van der Waals surface area (Å²) in [5.74, 6) is -0.581. The van der Waals surface area contributed by atoms with Gasteiger partial charge in [0.25, 0.3) is 5.91 Å². The Morgan fingerprint density at radius 1 is 1.30 bits per heavy atom. The van der Waals surface area contributed by atoms with Gasteiger partial charge >= 0.3 is 5.97 Å². The summed E-state index contributed by atoms with van der Waals surface area (Å²) in [6, 6.07) is 5.11. The maximum absolute atomic E-state index is 13.0. The molecular weight excluding hydrogens is 370 g/mol. The van der Waals surface area contributed by atoms with Crippen molar-refractivity contribution in [3.8, 4) is 5.75 Å². The third-order valence-electron chi connectivity index (χ3n) is 5.38. The van der Waals surface area contributed by atoms with Crippen LogP contribution < -0.4 is 4.74 Å². The van der Waals surface area contributed by atoms with Gasteiger partial charge in [0.2, 0.25) is 0 Å². The Balaban J connectivity index is 1.65. The smallest absolute Gasteiger partial charge is 0.309 e. The lowest BCUT2D eigenvalue weighted by molar-refractivity contribution is -0.145. The number of carboxylic acid groups (broad SMARTS) is 1. The van der Waals surface area contributed by atoms with Crippen LogP contribution in [0, 0.1) is 11.8 Å². The maximum Gasteiger partial charge on any atom is 0.309 e. The predicted molar refractivity (Wildman–Crippen MR) is 101 cm³/mol. The van der Waals surface area contributed by atoms with Gasteiger partial charge in [0.05, 0.1) is 24.2 Å². The highest BCUT2D eigenvalue weighted by atomic mass is 35.5. The third-order valence-corrected chi connectivity index (χ3v) is 5.61. The molecule has 0 radical (unpaired) electrons. The van der Waals surface area contributed by atoms with Crippen LogP contribution in [0.2, 0.25) is 5.02 Å². The molecule has 1 unspecified atom stereocenters. The van der Waals surface area contributed by atoms with Crippen molar-refractivity contribution in [3.05, 3.63) is 28.8 Å². The SMILES string of the molecule is CCCOc1ccc(Cl)cc1C(=O)N1CCC([C@@H]2OCCC2C(=O)O)CC1. The molecule has 2 saturated heterocycles. The fraction of sp³-hybridized carbons (Fsp3) is 0.600. The first-order valence-corrected chi connectivity index (χ1v) is 9.95. The van der Waals surface area contributed by atoms with E-state index >= 15 is 0 Å². The van der Waals surface area contributed by atoms with E-state index in [1.807, 2.05) is 6.92 Å². The number of hydrogen-bond donors (Lipinski definition) is 1. The molecule has 0 spiro atoms. The Hall–Kier alpha value is -1.79. The number of benzene rings is 1. The second-order valence-corrected chi connectivity index (χ2v) is 7.62. The quantitative estimate of drug-likeness (QED) is 0.798. The Morgan fingerprint density at radius 3 is 2.70 bits per heavy atom. The number of rotatable bonds is 6. The molecule has 1 N–H and O–H groups in total. The number of nitrogens with zero attached hydrogens (tertiary/aromatic N) is 1. The number of ether oxygens (including phenoxy) is 2. The van der Waals surface area contributed by atoms with Crippen LogP contribution in [0.3, 0.4) is 0 Å². The summed E-state index contributed by atoms with van der Waals surface area (Å²) in [7, 11) is 0. The zero-order chi connectivity index (χ0) is 19.4. The lowest BCUT2D eigenvalue weighted by Crippen LogP contribution is -2.43. The van der Waals surface area contributed by atoms with E-state index < -0.39 is 11.9 Å². The van der Waals surface area contributed by atoms with Crippen LogP contribution in [0.15, 0.2) is 18.2 Å². The number of likely N-dealkylation sites (tertiary alicyclic amines) is 1. The van der Waals surface area contributed by atoms with Crippen molar-refractivity contribution in [3.63, 3.8) is 0 Å². The average Bonchev–Trinajstić information content (AvgIpc) is 3.17. The number of carboxylic acids is 1. The van der Waals surface area contributed by atoms with Crippen LogP contribution in [-0.2, 0) is 9.53 Å². The van der Waals surface area contributed by atoms with Crippen molar-refractivity contribution >= 4 is 23.5 Å². The van der Waals surface area contributed by atoms with Gasteiger partial charge in [0, 0.05) is 24.7 Å². The molecule has 27 heavy (non-hydrogen) atoms. The normalized spacial score (nSPS) is 23.4. The third kappa shape index (κ3) is 4.55. The predicted octanol–water partition coefficient (Wildman–Crippen LogP) is 3.47. The van der Waals surface area contributed by atoms with Crippen LogP contribution in [0.4, 0.5) is 0 Å². The molecule has 148 valence electrons. The monoisotopic (exact) mass is 395 g/mol. The summed E-state index contributed by atoms with van der Waals surface area (Å²) in [6.07, 6.45) is 2.67. The number of amides is 1. The van der Waals surface area contributed by atoms with Gasteiger partial charge in [-0.05, 0) is 49.8 Å². The summed E-state index contributed by atoms with van der Waals surface area (Å²) in [6.45, 7) is 4.21. The number of piperidine rings is 1. The molecule has 1 amide bonds. The molecule has 6 nitrogen and oxygen atoms in total. The first-order chi connectivity index (χ1) is 13.0. The van der Waals surface area contributed by atoms with E-state index in [1.165, 1.54) is 0 Å². The molecule has 7 heteroatoms. The number of aliphatic carboxylic acids is 1. The number of halogens is 1. The van der Waals surface area contributed by atoms with Gasteiger partial charge in [0.15, 0.2) is 0 Å². The number of carbonyl (C=O) groups excluding carboxylic acids is 1. The Kier molecular flexibility index (Phi) is 6.60. The molecule has 3 rings (SSSR count). The summed E-state index contributed by atoms with van der Waals surface area (Å²) in [5.41, 5.74) is 0.481. The van der Waals surface area contributed by atoms with E-state index in [9.17, 15) is 14.7 Å². The lowest BCUT2D eigenvalue weighted by atomic mass is 9.84. The number of hydrogen-bond acceptors (Lipinski definition) is 4. The summed E-state index contributed by atoms with van der Waals surface area (Å²) < 4.78 is 11.4. The molecule has 0 aromatic heterocycles. The zero-order valence-electron chi connectivity index (χ0n) is 15.5. The molecule has 0 aliphatic carbocycles. The van der Waals surface area contributed by atoms with Gasteiger partial charge in [-0.25, -0.2) is 0 Å². The van der Waals surface area contributed by atoms with Crippen molar-refractivity contribution < 1.29 is 24.2 Å². The Bertz CT molecular complexity index is 687. The highest BCUT2D eigenvalue weighted by Gasteiger charge is 2.41. The van der Waals surface area contributed by atoms with Gasteiger partial charge in [-0.1, -0.05) is 18.5 Å². The molecule has 0 saturated carbocycles. The van der Waals surface area contributed by atoms with Crippen LogP contribution in [0.25, 0.3) is 0 Å². The van der Waals surface area contributed by atoms with Gasteiger partial charge < -0.3 is 19.5 Å². The van der Waals surface area contributed by atoms with Crippen molar-refractivity contribution in [2.24, 2.45) is 11.8 Å². The van der Waals surface area contributed by atoms with Gasteiger partial charge in [-0.3, -0.25) is 9.59 Å². The molecular formula is C20H26ClNO5.